The minimum atomic E-state index is -0.383. The van der Waals surface area contributed by atoms with Gasteiger partial charge in [-0.3, -0.25) is 4.79 Å². The van der Waals surface area contributed by atoms with Gasteiger partial charge >= 0.3 is 0 Å². The van der Waals surface area contributed by atoms with Crippen molar-refractivity contribution < 1.29 is 9.53 Å². The molecule has 0 aromatic heterocycles. The van der Waals surface area contributed by atoms with Crippen LogP contribution in [0.15, 0.2) is 22.7 Å². The molecule has 0 spiro atoms. The second-order valence-corrected chi connectivity index (χ2v) is 5.61. The minimum Gasteiger partial charge on any atom is -0.496 e. The normalized spacial score (nSPS) is 11.4. The van der Waals surface area contributed by atoms with E-state index >= 15 is 0 Å². The molecule has 0 saturated heterocycles. The summed E-state index contributed by atoms with van der Waals surface area (Å²) in [6.45, 7) is 4.46. The molecule has 0 fully saturated rings. The molecule has 0 radical (unpaired) electrons. The van der Waals surface area contributed by atoms with Crippen molar-refractivity contribution in [3.63, 3.8) is 0 Å². The molecular weight excluding hydrogens is 306 g/mol. The van der Waals surface area contributed by atoms with E-state index in [0.29, 0.717) is 13.0 Å². The Morgan fingerprint density at radius 2 is 2.00 bits per heavy atom. The maximum absolute atomic E-state index is 12.5. The predicted octanol–water partition coefficient (Wildman–Crippen LogP) is 3.33. The summed E-state index contributed by atoms with van der Waals surface area (Å²) in [6.07, 6.45) is 1.99. The van der Waals surface area contributed by atoms with E-state index in [0.717, 1.165) is 28.6 Å². The Labute approximate surface area is 123 Å². The number of nitrogens with two attached hydrogens (primary N) is 1. The van der Waals surface area contributed by atoms with E-state index in [2.05, 4.69) is 15.9 Å². The quantitative estimate of drug-likeness (QED) is 0.835. The van der Waals surface area contributed by atoms with Crippen molar-refractivity contribution >= 4 is 21.7 Å². The summed E-state index contributed by atoms with van der Waals surface area (Å²) in [5.74, 6) is 0.990. The fourth-order valence-electron chi connectivity index (χ4n) is 2.24. The molecule has 0 unspecified atom stereocenters. The second kappa shape index (κ2) is 7.06. The molecule has 0 aliphatic heterocycles. The Bertz CT molecular complexity index is 434. The van der Waals surface area contributed by atoms with E-state index in [4.69, 9.17) is 10.5 Å². The zero-order chi connectivity index (χ0) is 14.5. The Hall–Kier alpha value is -0.870. The van der Waals surface area contributed by atoms with Crippen LogP contribution in [0.3, 0.4) is 0 Å². The average Bonchev–Trinajstić information content (AvgIpc) is 2.41. The number of carbonyl (C=O) groups is 1. The lowest BCUT2D eigenvalue weighted by Gasteiger charge is -2.28. The molecule has 0 saturated carbocycles. The molecule has 0 heterocycles. The third kappa shape index (κ3) is 3.57. The van der Waals surface area contributed by atoms with Crippen LogP contribution in [-0.2, 0) is 11.2 Å². The largest absolute Gasteiger partial charge is 0.496 e. The SMILES string of the molecule is CCC(CC)(CN)C(=O)Cc1ccc(OC)c(Br)c1. The lowest BCUT2D eigenvalue weighted by Crippen LogP contribution is -2.38. The minimum absolute atomic E-state index is 0.220. The van der Waals surface area contributed by atoms with Gasteiger partial charge in [0.15, 0.2) is 0 Å². The van der Waals surface area contributed by atoms with Crippen LogP contribution in [0.1, 0.15) is 32.3 Å². The Kier molecular flexibility index (Phi) is 6.01. The first-order chi connectivity index (χ1) is 9.02. The summed E-state index contributed by atoms with van der Waals surface area (Å²) in [5, 5.41) is 0. The highest BCUT2D eigenvalue weighted by Crippen LogP contribution is 2.30. The van der Waals surface area contributed by atoms with Gasteiger partial charge in [0.25, 0.3) is 0 Å². The lowest BCUT2D eigenvalue weighted by atomic mass is 9.76. The predicted molar refractivity (Wildman–Crippen MR) is 81.5 cm³/mol. The first-order valence-corrected chi connectivity index (χ1v) is 7.38. The van der Waals surface area contributed by atoms with Crippen LogP contribution in [0.5, 0.6) is 5.75 Å². The van der Waals surface area contributed by atoms with Crippen LogP contribution in [0.4, 0.5) is 0 Å². The van der Waals surface area contributed by atoms with Gasteiger partial charge < -0.3 is 10.5 Å². The number of hydrogen-bond donors (Lipinski definition) is 1. The van der Waals surface area contributed by atoms with Gasteiger partial charge in [-0.25, -0.2) is 0 Å². The highest BCUT2D eigenvalue weighted by atomic mass is 79.9. The average molecular weight is 328 g/mol. The van der Waals surface area contributed by atoms with Gasteiger partial charge in [-0.2, -0.15) is 0 Å². The molecule has 0 aliphatic rings. The fraction of sp³-hybridized carbons (Fsp3) is 0.533. The molecule has 2 N–H and O–H groups in total. The van der Waals surface area contributed by atoms with Gasteiger partial charge in [0.1, 0.15) is 11.5 Å². The van der Waals surface area contributed by atoms with E-state index in [-0.39, 0.29) is 11.2 Å². The topological polar surface area (TPSA) is 52.3 Å². The van der Waals surface area contributed by atoms with Crippen molar-refractivity contribution in [2.45, 2.75) is 33.1 Å². The summed E-state index contributed by atoms with van der Waals surface area (Å²) in [6, 6.07) is 5.73. The van der Waals surface area contributed by atoms with Crippen molar-refractivity contribution in [2.75, 3.05) is 13.7 Å². The number of benzene rings is 1. The van der Waals surface area contributed by atoms with Crippen molar-refractivity contribution in [1.82, 2.24) is 0 Å². The number of carbonyl (C=O) groups excluding carboxylic acids is 1. The van der Waals surface area contributed by atoms with Gasteiger partial charge in [-0.1, -0.05) is 19.9 Å². The molecule has 3 nitrogen and oxygen atoms in total. The molecular formula is C15H22BrNO2. The number of ketones is 1. The summed E-state index contributed by atoms with van der Waals surface area (Å²) in [4.78, 5) is 12.5. The number of hydrogen-bond acceptors (Lipinski definition) is 3. The van der Waals surface area contributed by atoms with Crippen LogP contribution >= 0.6 is 15.9 Å². The number of rotatable bonds is 7. The number of ether oxygens (including phenoxy) is 1. The monoisotopic (exact) mass is 327 g/mol. The Balaban J connectivity index is 2.90. The number of methoxy groups -OCH3 is 1. The highest BCUT2D eigenvalue weighted by molar-refractivity contribution is 9.10. The molecule has 4 heteroatoms. The summed E-state index contributed by atoms with van der Waals surface area (Å²) in [5.41, 5.74) is 6.41. The van der Waals surface area contributed by atoms with Crippen molar-refractivity contribution in [3.05, 3.63) is 28.2 Å². The molecule has 0 amide bonds. The second-order valence-electron chi connectivity index (χ2n) is 4.76. The zero-order valence-electron chi connectivity index (χ0n) is 11.8. The summed E-state index contributed by atoms with van der Waals surface area (Å²) in [7, 11) is 1.62. The zero-order valence-corrected chi connectivity index (χ0v) is 13.4. The molecule has 0 atom stereocenters. The van der Waals surface area contributed by atoms with Gasteiger partial charge in [0.2, 0.25) is 0 Å². The van der Waals surface area contributed by atoms with Crippen molar-refractivity contribution in [1.29, 1.82) is 0 Å². The van der Waals surface area contributed by atoms with Crippen LogP contribution in [0, 0.1) is 5.41 Å². The Morgan fingerprint density at radius 1 is 1.37 bits per heavy atom. The van der Waals surface area contributed by atoms with Crippen molar-refractivity contribution in [2.24, 2.45) is 11.1 Å². The van der Waals surface area contributed by atoms with Crippen LogP contribution < -0.4 is 10.5 Å². The molecule has 1 rings (SSSR count). The van der Waals surface area contributed by atoms with E-state index < -0.39 is 0 Å². The summed E-state index contributed by atoms with van der Waals surface area (Å²) < 4.78 is 6.05. The van der Waals surface area contributed by atoms with Crippen molar-refractivity contribution in [3.8, 4) is 5.75 Å². The highest BCUT2D eigenvalue weighted by Gasteiger charge is 2.32. The van der Waals surface area contributed by atoms with Gasteiger partial charge in [-0.05, 0) is 46.5 Å². The van der Waals surface area contributed by atoms with Gasteiger partial charge in [0, 0.05) is 18.4 Å². The smallest absolute Gasteiger partial charge is 0.144 e. The first kappa shape index (κ1) is 16.2. The maximum atomic E-state index is 12.5. The number of halogens is 1. The third-order valence-corrected chi connectivity index (χ3v) is 4.54. The standard InChI is InChI=1S/C15H22BrNO2/c1-4-15(5-2,10-17)14(18)9-11-6-7-13(19-3)12(16)8-11/h6-8H,4-5,9-10,17H2,1-3H3. The molecule has 0 bridgehead atoms. The maximum Gasteiger partial charge on any atom is 0.144 e. The Morgan fingerprint density at radius 3 is 2.42 bits per heavy atom. The molecule has 0 aliphatic carbocycles. The third-order valence-electron chi connectivity index (χ3n) is 3.92. The van der Waals surface area contributed by atoms with E-state index in [1.807, 2.05) is 32.0 Å². The molecule has 19 heavy (non-hydrogen) atoms. The van der Waals surface area contributed by atoms with Crippen LogP contribution in [0.25, 0.3) is 0 Å². The van der Waals surface area contributed by atoms with Crippen LogP contribution in [-0.4, -0.2) is 19.4 Å². The van der Waals surface area contributed by atoms with E-state index in [9.17, 15) is 4.79 Å². The van der Waals surface area contributed by atoms with E-state index in [1.54, 1.807) is 7.11 Å². The first-order valence-electron chi connectivity index (χ1n) is 6.58. The number of Topliss-reactive ketones (excluding diaryl/α,β-unsaturated/α-hetero) is 1. The van der Waals surface area contributed by atoms with E-state index in [1.165, 1.54) is 0 Å². The lowest BCUT2D eigenvalue weighted by molar-refractivity contribution is -0.128. The molecule has 106 valence electrons. The molecule has 1 aromatic rings. The fourth-order valence-corrected chi connectivity index (χ4v) is 2.83. The molecule has 1 aromatic carbocycles. The van der Waals surface area contributed by atoms with Gasteiger partial charge in [-0.15, -0.1) is 0 Å². The summed E-state index contributed by atoms with van der Waals surface area (Å²) >= 11 is 3.44. The van der Waals surface area contributed by atoms with Gasteiger partial charge in [0.05, 0.1) is 11.6 Å². The van der Waals surface area contributed by atoms with Crippen LogP contribution in [0.2, 0.25) is 0 Å².